The lowest BCUT2D eigenvalue weighted by Gasteiger charge is -2.34. The SMILES string of the molecule is C[C@H](NC(=O)CN1CCN(Cc2ccc3c(c2)OCO3)CC1)c1ccccc1Cl. The minimum atomic E-state index is -0.108. The van der Waals surface area contributed by atoms with Crippen LogP contribution in [0.15, 0.2) is 42.5 Å². The molecule has 2 aliphatic rings. The van der Waals surface area contributed by atoms with Gasteiger partial charge in [-0.25, -0.2) is 0 Å². The Bertz CT molecular complexity index is 868. The van der Waals surface area contributed by atoms with Crippen LogP contribution in [0.3, 0.4) is 0 Å². The van der Waals surface area contributed by atoms with Crippen LogP contribution in [0.4, 0.5) is 0 Å². The number of fused-ring (bicyclic) bond motifs is 1. The zero-order chi connectivity index (χ0) is 20.2. The number of benzene rings is 2. The molecule has 1 atom stereocenters. The van der Waals surface area contributed by atoms with Crippen LogP contribution in [0.5, 0.6) is 11.5 Å². The first kappa shape index (κ1) is 20.0. The van der Waals surface area contributed by atoms with Gasteiger partial charge in [-0.05, 0) is 36.2 Å². The fraction of sp³-hybridized carbons (Fsp3) is 0.409. The molecule has 29 heavy (non-hydrogen) atoms. The van der Waals surface area contributed by atoms with E-state index in [1.807, 2.05) is 37.3 Å². The van der Waals surface area contributed by atoms with E-state index in [4.69, 9.17) is 21.1 Å². The molecule has 2 heterocycles. The molecule has 1 amide bonds. The highest BCUT2D eigenvalue weighted by atomic mass is 35.5. The van der Waals surface area contributed by atoms with Crippen LogP contribution in [-0.2, 0) is 11.3 Å². The van der Waals surface area contributed by atoms with Gasteiger partial charge in [0.05, 0.1) is 12.6 Å². The Morgan fingerprint density at radius 1 is 1.07 bits per heavy atom. The average Bonchev–Trinajstić information content (AvgIpc) is 3.17. The summed E-state index contributed by atoms with van der Waals surface area (Å²) in [6.07, 6.45) is 0. The third-order valence-electron chi connectivity index (χ3n) is 5.42. The van der Waals surface area contributed by atoms with Crippen LogP contribution in [-0.4, -0.2) is 55.2 Å². The normalized spacial score (nSPS) is 17.9. The minimum absolute atomic E-state index is 0.0293. The number of carbonyl (C=O) groups is 1. The van der Waals surface area contributed by atoms with Crippen LogP contribution in [0.1, 0.15) is 24.1 Å². The summed E-state index contributed by atoms with van der Waals surface area (Å²) in [5.41, 5.74) is 2.16. The summed E-state index contributed by atoms with van der Waals surface area (Å²) in [7, 11) is 0. The molecule has 0 bridgehead atoms. The van der Waals surface area contributed by atoms with E-state index in [0.717, 1.165) is 49.8 Å². The van der Waals surface area contributed by atoms with Crippen molar-refractivity contribution in [3.05, 3.63) is 58.6 Å². The summed E-state index contributed by atoms with van der Waals surface area (Å²) in [4.78, 5) is 17.1. The average molecular weight is 416 g/mol. The van der Waals surface area contributed by atoms with Crippen LogP contribution >= 0.6 is 11.6 Å². The Morgan fingerprint density at radius 3 is 2.59 bits per heavy atom. The first-order valence-corrected chi connectivity index (χ1v) is 10.3. The summed E-state index contributed by atoms with van der Waals surface area (Å²) in [6, 6.07) is 13.6. The molecule has 2 aromatic rings. The predicted octanol–water partition coefficient (Wildman–Crippen LogP) is 3.06. The van der Waals surface area contributed by atoms with Gasteiger partial charge in [0, 0.05) is 37.7 Å². The largest absolute Gasteiger partial charge is 0.454 e. The van der Waals surface area contributed by atoms with E-state index in [1.54, 1.807) is 0 Å². The number of halogens is 1. The highest BCUT2D eigenvalue weighted by Crippen LogP contribution is 2.32. The summed E-state index contributed by atoms with van der Waals surface area (Å²) in [6.45, 7) is 7.16. The lowest BCUT2D eigenvalue weighted by molar-refractivity contribution is -0.123. The van der Waals surface area contributed by atoms with Crippen molar-refractivity contribution in [2.75, 3.05) is 39.5 Å². The van der Waals surface area contributed by atoms with Crippen LogP contribution in [0, 0.1) is 0 Å². The van der Waals surface area contributed by atoms with Crippen LogP contribution in [0.2, 0.25) is 5.02 Å². The Morgan fingerprint density at radius 2 is 1.79 bits per heavy atom. The molecule has 0 spiro atoms. The third kappa shape index (κ3) is 5.01. The van der Waals surface area contributed by atoms with Crippen molar-refractivity contribution < 1.29 is 14.3 Å². The Balaban J connectivity index is 1.22. The van der Waals surface area contributed by atoms with E-state index in [2.05, 4.69) is 27.2 Å². The number of carbonyl (C=O) groups excluding carboxylic acids is 1. The monoisotopic (exact) mass is 415 g/mol. The van der Waals surface area contributed by atoms with Crippen molar-refractivity contribution in [2.45, 2.75) is 19.5 Å². The molecular formula is C22H26ClN3O3. The molecule has 0 radical (unpaired) electrons. The van der Waals surface area contributed by atoms with Crippen molar-refractivity contribution in [2.24, 2.45) is 0 Å². The third-order valence-corrected chi connectivity index (χ3v) is 5.77. The second-order valence-electron chi connectivity index (χ2n) is 7.55. The number of hydrogen-bond donors (Lipinski definition) is 1. The van der Waals surface area contributed by atoms with Crippen molar-refractivity contribution in [1.29, 1.82) is 0 Å². The summed E-state index contributed by atoms with van der Waals surface area (Å²) in [5, 5.41) is 3.73. The van der Waals surface area contributed by atoms with E-state index < -0.39 is 0 Å². The molecule has 1 saturated heterocycles. The fourth-order valence-electron chi connectivity index (χ4n) is 3.80. The summed E-state index contributed by atoms with van der Waals surface area (Å²) in [5.74, 6) is 1.67. The standard InChI is InChI=1S/C22H26ClN3O3/c1-16(18-4-2-3-5-19(18)23)24-22(27)14-26-10-8-25(9-11-26)13-17-6-7-20-21(12-17)29-15-28-20/h2-7,12,16H,8-11,13-15H2,1H3,(H,24,27)/t16-/m0/s1. The maximum atomic E-state index is 12.5. The lowest BCUT2D eigenvalue weighted by Crippen LogP contribution is -2.49. The molecule has 4 rings (SSSR count). The van der Waals surface area contributed by atoms with Crippen molar-refractivity contribution in [3.63, 3.8) is 0 Å². The number of ether oxygens (including phenoxy) is 2. The number of nitrogens with zero attached hydrogens (tertiary/aromatic N) is 2. The van der Waals surface area contributed by atoms with Crippen molar-refractivity contribution in [1.82, 2.24) is 15.1 Å². The van der Waals surface area contributed by atoms with Gasteiger partial charge >= 0.3 is 0 Å². The molecular weight excluding hydrogens is 390 g/mol. The van der Waals surface area contributed by atoms with E-state index in [0.29, 0.717) is 18.4 Å². The zero-order valence-electron chi connectivity index (χ0n) is 16.6. The molecule has 6 nitrogen and oxygen atoms in total. The molecule has 1 fully saturated rings. The molecule has 2 aromatic carbocycles. The second-order valence-corrected chi connectivity index (χ2v) is 7.96. The molecule has 154 valence electrons. The van der Waals surface area contributed by atoms with Gasteiger partial charge in [0.2, 0.25) is 12.7 Å². The number of hydrogen-bond acceptors (Lipinski definition) is 5. The van der Waals surface area contributed by atoms with Crippen LogP contribution in [0.25, 0.3) is 0 Å². The Labute approximate surface area is 176 Å². The van der Waals surface area contributed by atoms with Crippen molar-refractivity contribution in [3.8, 4) is 11.5 Å². The molecule has 0 saturated carbocycles. The minimum Gasteiger partial charge on any atom is -0.454 e. The molecule has 2 aliphatic heterocycles. The molecule has 1 N–H and O–H groups in total. The number of piperazine rings is 1. The topological polar surface area (TPSA) is 54.0 Å². The van der Waals surface area contributed by atoms with Gasteiger partial charge in [-0.1, -0.05) is 35.9 Å². The van der Waals surface area contributed by atoms with Gasteiger partial charge in [0.1, 0.15) is 0 Å². The van der Waals surface area contributed by atoms with Gasteiger partial charge < -0.3 is 14.8 Å². The van der Waals surface area contributed by atoms with E-state index in [1.165, 1.54) is 5.56 Å². The Kier molecular flexibility index (Phi) is 6.23. The maximum Gasteiger partial charge on any atom is 0.234 e. The maximum absolute atomic E-state index is 12.5. The second kappa shape index (κ2) is 9.03. The first-order valence-electron chi connectivity index (χ1n) is 9.95. The molecule has 7 heteroatoms. The summed E-state index contributed by atoms with van der Waals surface area (Å²) < 4.78 is 10.8. The number of rotatable bonds is 6. The highest BCUT2D eigenvalue weighted by molar-refractivity contribution is 6.31. The zero-order valence-corrected chi connectivity index (χ0v) is 17.3. The predicted molar refractivity (Wildman–Crippen MR) is 112 cm³/mol. The van der Waals surface area contributed by atoms with E-state index in [-0.39, 0.29) is 11.9 Å². The summed E-state index contributed by atoms with van der Waals surface area (Å²) >= 11 is 6.23. The quantitative estimate of drug-likeness (QED) is 0.785. The van der Waals surface area contributed by atoms with Crippen LogP contribution < -0.4 is 14.8 Å². The van der Waals surface area contributed by atoms with E-state index >= 15 is 0 Å². The van der Waals surface area contributed by atoms with Gasteiger partial charge in [-0.3, -0.25) is 14.6 Å². The fourth-order valence-corrected chi connectivity index (χ4v) is 4.10. The van der Waals surface area contributed by atoms with Crippen molar-refractivity contribution >= 4 is 17.5 Å². The first-order chi connectivity index (χ1) is 14.1. The van der Waals surface area contributed by atoms with Gasteiger partial charge in [0.15, 0.2) is 11.5 Å². The van der Waals surface area contributed by atoms with E-state index in [9.17, 15) is 4.79 Å². The highest BCUT2D eigenvalue weighted by Gasteiger charge is 2.21. The number of amides is 1. The molecule has 0 aromatic heterocycles. The molecule has 0 aliphatic carbocycles. The van der Waals surface area contributed by atoms with Gasteiger partial charge in [0.25, 0.3) is 0 Å². The van der Waals surface area contributed by atoms with Gasteiger partial charge in [-0.15, -0.1) is 0 Å². The smallest absolute Gasteiger partial charge is 0.234 e. The number of nitrogens with one attached hydrogen (secondary N) is 1. The van der Waals surface area contributed by atoms with Gasteiger partial charge in [-0.2, -0.15) is 0 Å². The lowest BCUT2D eigenvalue weighted by atomic mass is 10.1. The molecule has 0 unspecified atom stereocenters. The Hall–Kier alpha value is -2.28.